The highest BCUT2D eigenvalue weighted by atomic mass is 35.5. The summed E-state index contributed by atoms with van der Waals surface area (Å²) in [6.07, 6.45) is 0.414. The summed E-state index contributed by atoms with van der Waals surface area (Å²) in [6, 6.07) is 14.8. The largest absolute Gasteiger partial charge is 0.497 e. The number of imide groups is 1. The Morgan fingerprint density at radius 2 is 1.73 bits per heavy atom. The number of guanidine groups is 1. The second-order valence-corrected chi connectivity index (χ2v) is 10.8. The first-order chi connectivity index (χ1) is 17.7. The fourth-order valence-corrected chi connectivity index (χ4v) is 6.49. The van der Waals surface area contributed by atoms with Crippen molar-refractivity contribution in [1.82, 2.24) is 5.32 Å². The lowest BCUT2D eigenvalue weighted by molar-refractivity contribution is -0.123. The molecule has 3 aliphatic rings. The Labute approximate surface area is 232 Å². The van der Waals surface area contributed by atoms with Crippen LogP contribution in [0.1, 0.15) is 11.1 Å². The molecule has 3 unspecified atom stereocenters. The SMILES string of the molecule is COc1cccc(CC2NC3=NC4(C(=O)N(c5cc(Cl)cc(Cl)c5)C(=O)C24)c2cc(Cl)cc(Cl)c2N3)c1. The van der Waals surface area contributed by atoms with Crippen LogP contribution >= 0.6 is 46.4 Å². The third-order valence-corrected chi connectivity index (χ3v) is 7.84. The van der Waals surface area contributed by atoms with E-state index in [1.54, 1.807) is 19.2 Å². The lowest BCUT2D eigenvalue weighted by atomic mass is 9.72. The van der Waals surface area contributed by atoms with Gasteiger partial charge in [0.25, 0.3) is 5.91 Å². The van der Waals surface area contributed by atoms with E-state index in [9.17, 15) is 9.59 Å². The molecule has 3 aliphatic heterocycles. The summed E-state index contributed by atoms with van der Waals surface area (Å²) in [5.74, 6) is -0.852. The smallest absolute Gasteiger partial charge is 0.267 e. The number of nitrogens with zero attached hydrogens (tertiary/aromatic N) is 2. The van der Waals surface area contributed by atoms with Crippen LogP contribution in [0.25, 0.3) is 0 Å². The van der Waals surface area contributed by atoms with Crippen molar-refractivity contribution in [2.45, 2.75) is 18.0 Å². The molecule has 2 N–H and O–H groups in total. The Morgan fingerprint density at radius 1 is 1.00 bits per heavy atom. The van der Waals surface area contributed by atoms with Crippen molar-refractivity contribution in [3.63, 3.8) is 0 Å². The Balaban J connectivity index is 1.55. The van der Waals surface area contributed by atoms with Crippen LogP contribution in [0.2, 0.25) is 20.1 Å². The molecule has 3 aromatic carbocycles. The fourth-order valence-electron chi connectivity index (χ4n) is 5.43. The van der Waals surface area contributed by atoms with Crippen LogP contribution in [0.3, 0.4) is 0 Å². The predicted octanol–water partition coefficient (Wildman–Crippen LogP) is 5.69. The monoisotopic (exact) mass is 574 g/mol. The van der Waals surface area contributed by atoms with Crippen molar-refractivity contribution in [1.29, 1.82) is 0 Å². The molecule has 188 valence electrons. The zero-order chi connectivity index (χ0) is 26.1. The van der Waals surface area contributed by atoms with Gasteiger partial charge in [-0.05, 0) is 54.4 Å². The summed E-state index contributed by atoms with van der Waals surface area (Å²) in [5, 5.41) is 7.72. The minimum Gasteiger partial charge on any atom is -0.497 e. The van der Waals surface area contributed by atoms with Gasteiger partial charge in [0.1, 0.15) is 5.75 Å². The maximum absolute atomic E-state index is 14.3. The van der Waals surface area contributed by atoms with Crippen LogP contribution in [-0.2, 0) is 21.5 Å². The van der Waals surface area contributed by atoms with Crippen molar-refractivity contribution < 1.29 is 14.3 Å². The van der Waals surface area contributed by atoms with E-state index in [1.807, 2.05) is 24.3 Å². The number of hydrogen-bond acceptors (Lipinski definition) is 6. The average molecular weight is 576 g/mol. The third-order valence-electron chi connectivity index (χ3n) is 6.88. The van der Waals surface area contributed by atoms with Crippen LogP contribution in [-0.4, -0.2) is 30.9 Å². The Bertz CT molecular complexity index is 1510. The highest BCUT2D eigenvalue weighted by molar-refractivity contribution is 6.39. The van der Waals surface area contributed by atoms with Crippen LogP contribution in [0.15, 0.2) is 59.6 Å². The number of halogens is 4. The van der Waals surface area contributed by atoms with Gasteiger partial charge in [-0.25, -0.2) is 9.89 Å². The molecule has 11 heteroatoms. The van der Waals surface area contributed by atoms with Crippen molar-refractivity contribution >= 4 is 75.6 Å². The molecule has 6 rings (SSSR count). The highest BCUT2D eigenvalue weighted by Gasteiger charge is 2.67. The number of methoxy groups -OCH3 is 1. The van der Waals surface area contributed by atoms with Gasteiger partial charge in [-0.15, -0.1) is 0 Å². The van der Waals surface area contributed by atoms with E-state index < -0.39 is 29.3 Å². The molecule has 1 spiro atoms. The van der Waals surface area contributed by atoms with Gasteiger partial charge >= 0.3 is 0 Å². The first kappa shape index (κ1) is 24.4. The number of rotatable bonds is 4. The van der Waals surface area contributed by atoms with Crippen LogP contribution in [0.5, 0.6) is 5.75 Å². The summed E-state index contributed by atoms with van der Waals surface area (Å²) in [5.41, 5.74) is 0.499. The van der Waals surface area contributed by atoms with Gasteiger partial charge in [-0.3, -0.25) is 9.59 Å². The number of carbonyl (C=O) groups is 2. The first-order valence-electron chi connectivity index (χ1n) is 11.3. The van der Waals surface area contributed by atoms with E-state index in [-0.39, 0.29) is 5.69 Å². The maximum atomic E-state index is 14.3. The zero-order valence-corrected chi connectivity index (χ0v) is 22.2. The predicted molar refractivity (Wildman–Crippen MR) is 145 cm³/mol. The van der Waals surface area contributed by atoms with E-state index in [4.69, 9.17) is 56.1 Å². The fraction of sp³-hybridized carbons (Fsp3) is 0.192. The molecule has 7 nitrogen and oxygen atoms in total. The second-order valence-electron chi connectivity index (χ2n) is 9.05. The number of ether oxygens (including phenoxy) is 1. The normalized spacial score (nSPS) is 23.6. The summed E-state index contributed by atoms with van der Waals surface area (Å²) < 4.78 is 5.37. The number of benzene rings is 3. The maximum Gasteiger partial charge on any atom is 0.267 e. The van der Waals surface area contributed by atoms with Gasteiger partial charge in [0.2, 0.25) is 5.91 Å². The molecule has 0 aromatic heterocycles. The van der Waals surface area contributed by atoms with Crippen LogP contribution < -0.4 is 20.3 Å². The van der Waals surface area contributed by atoms with Gasteiger partial charge in [0.05, 0.1) is 29.4 Å². The number of amides is 2. The molecular formula is C26H18Cl4N4O3. The Hall–Kier alpha value is -2.97. The Kier molecular flexibility index (Phi) is 5.80. The number of hydrogen-bond donors (Lipinski definition) is 2. The molecule has 3 heterocycles. The lowest BCUT2D eigenvalue weighted by Gasteiger charge is -2.43. The molecule has 2 amide bonds. The summed E-state index contributed by atoms with van der Waals surface area (Å²) in [7, 11) is 1.59. The molecule has 1 saturated heterocycles. The molecule has 2 bridgehead atoms. The van der Waals surface area contributed by atoms with Gasteiger partial charge < -0.3 is 15.4 Å². The summed E-state index contributed by atoms with van der Waals surface area (Å²) in [6.45, 7) is 0. The zero-order valence-electron chi connectivity index (χ0n) is 19.2. The highest BCUT2D eigenvalue weighted by Crippen LogP contribution is 2.54. The van der Waals surface area contributed by atoms with Crippen molar-refractivity contribution in [3.8, 4) is 5.75 Å². The van der Waals surface area contributed by atoms with Gasteiger partial charge in [0.15, 0.2) is 11.5 Å². The standard InChI is InChI=1S/C26H18Cl4N4O3/c1-37-17-4-2-3-12(5-17)6-20-21-23(35)34(16-8-13(27)7-14(28)9-16)24(36)26(21)18-10-15(29)11-19(30)22(18)32-25(31-20)33-26/h2-5,7-11,20-21H,6H2,1H3,(H2,31,32,33). The molecule has 37 heavy (non-hydrogen) atoms. The quantitative estimate of drug-likeness (QED) is 0.391. The molecule has 0 saturated carbocycles. The molecule has 3 aromatic rings. The molecule has 0 aliphatic carbocycles. The summed E-state index contributed by atoms with van der Waals surface area (Å²) >= 11 is 25.4. The summed E-state index contributed by atoms with van der Waals surface area (Å²) in [4.78, 5) is 34.4. The van der Waals surface area contributed by atoms with E-state index in [2.05, 4.69) is 10.6 Å². The Morgan fingerprint density at radius 3 is 2.46 bits per heavy atom. The van der Waals surface area contributed by atoms with Crippen molar-refractivity contribution in [3.05, 3.63) is 85.8 Å². The van der Waals surface area contributed by atoms with Crippen LogP contribution in [0, 0.1) is 5.92 Å². The second kappa shape index (κ2) is 8.81. The van der Waals surface area contributed by atoms with Gasteiger partial charge in [-0.2, -0.15) is 0 Å². The number of nitrogens with one attached hydrogen (secondary N) is 2. The van der Waals surface area contributed by atoms with E-state index in [0.29, 0.717) is 49.5 Å². The van der Waals surface area contributed by atoms with Crippen molar-refractivity contribution in [2.75, 3.05) is 17.3 Å². The number of aliphatic imine (C=N–C) groups is 1. The molecule has 1 fully saturated rings. The lowest BCUT2D eigenvalue weighted by Crippen LogP contribution is -2.60. The third kappa shape index (κ3) is 3.76. The number of anilines is 2. The first-order valence-corrected chi connectivity index (χ1v) is 12.8. The number of carbonyl (C=O) groups excluding carboxylic acids is 2. The molecule has 0 radical (unpaired) electrons. The molecule has 3 atom stereocenters. The minimum absolute atomic E-state index is 0.265. The molecular weight excluding hydrogens is 558 g/mol. The topological polar surface area (TPSA) is 83.0 Å². The van der Waals surface area contributed by atoms with E-state index in [1.165, 1.54) is 18.2 Å². The van der Waals surface area contributed by atoms with Crippen molar-refractivity contribution in [2.24, 2.45) is 10.9 Å². The van der Waals surface area contributed by atoms with E-state index >= 15 is 0 Å². The van der Waals surface area contributed by atoms with E-state index in [0.717, 1.165) is 10.5 Å². The van der Waals surface area contributed by atoms with Gasteiger partial charge in [0, 0.05) is 26.7 Å². The minimum atomic E-state index is -1.59. The number of fused-ring (bicyclic) bond motifs is 1. The van der Waals surface area contributed by atoms with Crippen LogP contribution in [0.4, 0.5) is 11.4 Å². The van der Waals surface area contributed by atoms with Gasteiger partial charge in [-0.1, -0.05) is 58.5 Å². The average Bonchev–Trinajstić information content (AvgIpc) is 3.06.